The zero-order chi connectivity index (χ0) is 18.6. The van der Waals surface area contributed by atoms with Crippen molar-refractivity contribution in [2.45, 2.75) is 84.4 Å². The number of aliphatic hydroxyl groups is 1. The second-order valence-electron chi connectivity index (χ2n) is 9.98. The molecule has 4 saturated carbocycles. The molecule has 4 aliphatic rings. The second kappa shape index (κ2) is 6.08. The highest BCUT2D eigenvalue weighted by Crippen LogP contribution is 2.67. The molecule has 5 nitrogen and oxygen atoms in total. The molecule has 5 rings (SSSR count). The number of rotatable bonds is 6. The number of carbonyl (C=O) groups is 1. The maximum atomic E-state index is 13.3. The van der Waals surface area contributed by atoms with Gasteiger partial charge in [-0.05, 0) is 55.8 Å². The summed E-state index contributed by atoms with van der Waals surface area (Å²) in [5.41, 5.74) is 0.241. The topological polar surface area (TPSA) is 67.2 Å². The molecule has 1 amide bonds. The van der Waals surface area contributed by atoms with Gasteiger partial charge < -0.3 is 15.0 Å². The van der Waals surface area contributed by atoms with E-state index >= 15 is 0 Å². The Balaban J connectivity index is 1.49. The van der Waals surface area contributed by atoms with Crippen LogP contribution in [-0.2, 0) is 17.9 Å². The smallest absolute Gasteiger partial charge is 0.226 e. The predicted molar refractivity (Wildman–Crippen MR) is 100 cm³/mol. The summed E-state index contributed by atoms with van der Waals surface area (Å²) < 4.78 is 2.13. The summed E-state index contributed by atoms with van der Waals surface area (Å²) in [7, 11) is 0. The molecule has 0 aliphatic heterocycles. The Hall–Kier alpha value is -1.36. The normalized spacial score (nSPS) is 38.1. The molecular weight excluding hydrogens is 326 g/mol. The van der Waals surface area contributed by atoms with Crippen molar-refractivity contribution in [1.82, 2.24) is 14.9 Å². The molecule has 4 atom stereocenters. The first kappa shape index (κ1) is 18.0. The Kier molecular flexibility index (Phi) is 4.22. The number of amides is 1. The van der Waals surface area contributed by atoms with Gasteiger partial charge in [0.15, 0.2) is 0 Å². The maximum Gasteiger partial charge on any atom is 0.226 e. The summed E-state index contributed by atoms with van der Waals surface area (Å²) in [6.45, 7) is 8.03. The fourth-order valence-corrected chi connectivity index (χ4v) is 6.64. The molecule has 1 aromatic heterocycles. The Bertz CT molecular complexity index is 699. The average molecular weight is 360 g/mol. The zero-order valence-corrected chi connectivity index (χ0v) is 16.4. The van der Waals surface area contributed by atoms with Gasteiger partial charge in [-0.25, -0.2) is 4.98 Å². The quantitative estimate of drug-likeness (QED) is 0.819. The van der Waals surface area contributed by atoms with Crippen molar-refractivity contribution in [3.8, 4) is 0 Å². The Labute approximate surface area is 156 Å². The van der Waals surface area contributed by atoms with Crippen LogP contribution in [0, 0.1) is 22.7 Å². The fourth-order valence-electron chi connectivity index (χ4n) is 6.64. The minimum absolute atomic E-state index is 0.148. The number of hydrogen-bond donors (Lipinski definition) is 2. The first-order valence-corrected chi connectivity index (χ1v) is 10.3. The van der Waals surface area contributed by atoms with E-state index in [9.17, 15) is 9.90 Å². The number of carbonyl (C=O) groups excluding carboxylic acids is 1. The van der Waals surface area contributed by atoms with E-state index in [2.05, 4.69) is 35.6 Å². The zero-order valence-electron chi connectivity index (χ0n) is 16.4. The van der Waals surface area contributed by atoms with E-state index in [1.165, 1.54) is 6.42 Å². The molecule has 0 radical (unpaired) electrons. The van der Waals surface area contributed by atoms with E-state index in [0.717, 1.165) is 44.3 Å². The molecule has 4 bridgehead atoms. The lowest BCUT2D eigenvalue weighted by molar-refractivity contribution is -0.204. The van der Waals surface area contributed by atoms with Gasteiger partial charge in [0.05, 0.1) is 29.6 Å². The lowest BCUT2D eigenvalue weighted by atomic mass is 9.42. The highest BCUT2D eigenvalue weighted by Gasteiger charge is 2.64. The van der Waals surface area contributed by atoms with E-state index in [1.54, 1.807) is 0 Å². The largest absolute Gasteiger partial charge is 0.390 e. The first-order chi connectivity index (χ1) is 12.3. The van der Waals surface area contributed by atoms with Crippen LogP contribution in [0.2, 0.25) is 0 Å². The van der Waals surface area contributed by atoms with Crippen molar-refractivity contribution in [2.24, 2.45) is 22.7 Å². The van der Waals surface area contributed by atoms with Crippen LogP contribution in [-0.4, -0.2) is 26.2 Å². The standard InChI is InChI=1S/C21H33N3O2/c1-4-19-5-16-6-20(11-19,13-21(26,7-16)12-19)18(25)23-9-17-8-22-14-24(17)10-15(2)3/h8,14-16,26H,4-7,9-13H2,1-3H3,(H,23,25)/t16-,19+,20-,21-/m1/s1. The third-order valence-electron chi connectivity index (χ3n) is 7.18. The lowest BCUT2D eigenvalue weighted by Crippen LogP contribution is -2.63. The number of imidazole rings is 1. The minimum atomic E-state index is -0.619. The van der Waals surface area contributed by atoms with Crippen molar-refractivity contribution >= 4 is 5.91 Å². The molecule has 0 aromatic carbocycles. The Morgan fingerprint density at radius 3 is 2.85 bits per heavy atom. The molecule has 26 heavy (non-hydrogen) atoms. The Morgan fingerprint density at radius 2 is 2.15 bits per heavy atom. The molecule has 4 fully saturated rings. The van der Waals surface area contributed by atoms with Gasteiger partial charge in [-0.3, -0.25) is 4.79 Å². The van der Waals surface area contributed by atoms with Crippen molar-refractivity contribution in [1.29, 1.82) is 0 Å². The highest BCUT2D eigenvalue weighted by molar-refractivity contribution is 5.83. The molecule has 144 valence electrons. The van der Waals surface area contributed by atoms with Gasteiger partial charge in [-0.1, -0.05) is 27.2 Å². The first-order valence-electron chi connectivity index (χ1n) is 10.3. The summed E-state index contributed by atoms with van der Waals surface area (Å²) in [5.74, 6) is 1.20. The van der Waals surface area contributed by atoms with Crippen LogP contribution in [0.3, 0.4) is 0 Å². The molecule has 0 unspecified atom stereocenters. The molecule has 1 heterocycles. The highest BCUT2D eigenvalue weighted by atomic mass is 16.3. The van der Waals surface area contributed by atoms with Gasteiger partial charge in [0.1, 0.15) is 0 Å². The van der Waals surface area contributed by atoms with Gasteiger partial charge in [0.25, 0.3) is 0 Å². The van der Waals surface area contributed by atoms with Crippen molar-refractivity contribution < 1.29 is 9.90 Å². The third-order valence-corrected chi connectivity index (χ3v) is 7.18. The van der Waals surface area contributed by atoms with Gasteiger partial charge in [0, 0.05) is 12.7 Å². The van der Waals surface area contributed by atoms with E-state index in [1.807, 2.05) is 12.5 Å². The van der Waals surface area contributed by atoms with Crippen LogP contribution in [0.1, 0.15) is 71.4 Å². The SMILES string of the molecule is CC[C@@]12C[C@H]3C[C@@](O)(C1)C[C@@](C(=O)NCc1cncn1CC(C)C)(C3)C2. The van der Waals surface area contributed by atoms with Crippen LogP contribution in [0.4, 0.5) is 0 Å². The van der Waals surface area contributed by atoms with Crippen LogP contribution >= 0.6 is 0 Å². The van der Waals surface area contributed by atoms with E-state index in [-0.39, 0.29) is 16.7 Å². The van der Waals surface area contributed by atoms with Gasteiger partial charge in [0.2, 0.25) is 5.91 Å². The Morgan fingerprint density at radius 1 is 1.35 bits per heavy atom. The summed E-state index contributed by atoms with van der Waals surface area (Å²) in [4.78, 5) is 17.5. The third kappa shape index (κ3) is 2.98. The van der Waals surface area contributed by atoms with Crippen molar-refractivity contribution in [3.05, 3.63) is 18.2 Å². The summed E-state index contributed by atoms with van der Waals surface area (Å²) in [5, 5.41) is 14.3. The predicted octanol–water partition coefficient (Wildman–Crippen LogP) is 3.27. The van der Waals surface area contributed by atoms with Crippen LogP contribution in [0.15, 0.2) is 12.5 Å². The molecular formula is C21H33N3O2. The molecule has 0 saturated heterocycles. The monoisotopic (exact) mass is 359 g/mol. The number of nitrogens with one attached hydrogen (secondary N) is 1. The van der Waals surface area contributed by atoms with E-state index in [4.69, 9.17) is 0 Å². The van der Waals surface area contributed by atoms with Gasteiger partial charge >= 0.3 is 0 Å². The second-order valence-corrected chi connectivity index (χ2v) is 9.98. The number of nitrogens with zero attached hydrogens (tertiary/aromatic N) is 2. The van der Waals surface area contributed by atoms with E-state index < -0.39 is 5.60 Å². The van der Waals surface area contributed by atoms with Crippen LogP contribution < -0.4 is 5.32 Å². The van der Waals surface area contributed by atoms with Gasteiger partial charge in [-0.2, -0.15) is 0 Å². The number of hydrogen-bond acceptors (Lipinski definition) is 3. The molecule has 2 N–H and O–H groups in total. The summed E-state index contributed by atoms with van der Waals surface area (Å²) in [6.07, 6.45) is 10.3. The van der Waals surface area contributed by atoms with E-state index in [0.29, 0.717) is 24.8 Å². The fraction of sp³-hybridized carbons (Fsp3) is 0.810. The molecule has 5 heteroatoms. The summed E-state index contributed by atoms with van der Waals surface area (Å²) in [6, 6.07) is 0. The lowest BCUT2D eigenvalue weighted by Gasteiger charge is -2.64. The van der Waals surface area contributed by atoms with Crippen LogP contribution in [0.5, 0.6) is 0 Å². The van der Waals surface area contributed by atoms with Crippen molar-refractivity contribution in [2.75, 3.05) is 0 Å². The average Bonchev–Trinajstić information content (AvgIpc) is 2.96. The van der Waals surface area contributed by atoms with Crippen molar-refractivity contribution in [3.63, 3.8) is 0 Å². The molecule has 0 spiro atoms. The molecule has 4 aliphatic carbocycles. The minimum Gasteiger partial charge on any atom is -0.390 e. The molecule has 1 aromatic rings. The number of aromatic nitrogens is 2. The summed E-state index contributed by atoms with van der Waals surface area (Å²) >= 11 is 0. The van der Waals surface area contributed by atoms with Crippen LogP contribution in [0.25, 0.3) is 0 Å². The van der Waals surface area contributed by atoms with Gasteiger partial charge in [-0.15, -0.1) is 0 Å². The maximum absolute atomic E-state index is 13.3.